The fourth-order valence-corrected chi connectivity index (χ4v) is 1.23. The van der Waals surface area contributed by atoms with Crippen LogP contribution in [0.25, 0.3) is 0 Å². The highest BCUT2D eigenvalue weighted by atomic mass is 16.2. The monoisotopic (exact) mass is 199 g/mol. The van der Waals surface area contributed by atoms with Crippen LogP contribution in [-0.2, 0) is 4.79 Å². The number of rotatable bonds is 0. The van der Waals surface area contributed by atoms with Gasteiger partial charge in [-0.2, -0.15) is 0 Å². The van der Waals surface area contributed by atoms with E-state index < -0.39 is 0 Å². The third-order valence-electron chi connectivity index (χ3n) is 1.91. The molecule has 0 aliphatic carbocycles. The predicted molar refractivity (Wildman–Crippen MR) is 63.3 cm³/mol. The molecule has 0 N–H and O–H groups in total. The topological polar surface area (TPSA) is 20.3 Å². The molecule has 0 spiro atoms. The molecule has 0 radical (unpaired) electrons. The molecule has 1 aliphatic heterocycles. The van der Waals surface area contributed by atoms with Crippen LogP contribution >= 0.6 is 0 Å². The summed E-state index contributed by atoms with van der Waals surface area (Å²) in [6.45, 7) is 10.8. The van der Waals surface area contributed by atoms with Crippen molar-refractivity contribution in [3.8, 4) is 0 Å². The Morgan fingerprint density at radius 1 is 1.21 bits per heavy atom. The Morgan fingerprint density at radius 3 is 2.07 bits per heavy atom. The van der Waals surface area contributed by atoms with Crippen molar-refractivity contribution in [2.45, 2.75) is 47.5 Å². The Hall–Kier alpha value is -0.790. The van der Waals surface area contributed by atoms with Gasteiger partial charge in [-0.05, 0) is 19.8 Å². The lowest BCUT2D eigenvalue weighted by Gasteiger charge is -2.23. The second-order valence-corrected chi connectivity index (χ2v) is 2.64. The van der Waals surface area contributed by atoms with Crippen LogP contribution in [0.3, 0.4) is 0 Å². The number of likely N-dealkylation sites (tertiary alicyclic amines) is 1. The molecule has 1 fully saturated rings. The van der Waals surface area contributed by atoms with E-state index in [1.807, 2.05) is 47.7 Å². The molecule has 0 saturated carbocycles. The highest BCUT2D eigenvalue weighted by Gasteiger charge is 2.17. The van der Waals surface area contributed by atoms with Crippen LogP contribution in [0.4, 0.5) is 0 Å². The normalized spacial score (nSPS) is 18.0. The van der Waals surface area contributed by atoms with Gasteiger partial charge in [-0.1, -0.05) is 33.8 Å². The molecule has 1 rings (SSSR count). The Morgan fingerprint density at radius 2 is 1.71 bits per heavy atom. The Bertz CT molecular complexity index is 173. The summed E-state index contributed by atoms with van der Waals surface area (Å²) < 4.78 is 0. The maximum Gasteiger partial charge on any atom is 0.249 e. The van der Waals surface area contributed by atoms with Crippen molar-refractivity contribution in [2.24, 2.45) is 0 Å². The van der Waals surface area contributed by atoms with Crippen LogP contribution in [0.1, 0.15) is 47.5 Å². The molecule has 0 aromatic carbocycles. The lowest BCUT2D eigenvalue weighted by Crippen LogP contribution is -2.33. The van der Waals surface area contributed by atoms with Gasteiger partial charge in [-0.15, -0.1) is 0 Å². The molecule has 0 unspecified atom stereocenters. The first-order chi connectivity index (χ1) is 6.75. The van der Waals surface area contributed by atoms with E-state index in [9.17, 15) is 4.79 Å². The summed E-state index contributed by atoms with van der Waals surface area (Å²) in [5, 5.41) is 0. The van der Waals surface area contributed by atoms with Gasteiger partial charge in [0.05, 0.1) is 0 Å². The summed E-state index contributed by atoms with van der Waals surface area (Å²) in [4.78, 5) is 13.0. The molecule has 14 heavy (non-hydrogen) atoms. The molecule has 1 heterocycles. The molecule has 2 nitrogen and oxygen atoms in total. The Balaban J connectivity index is 0. The van der Waals surface area contributed by atoms with Gasteiger partial charge in [-0.25, -0.2) is 0 Å². The first-order valence-corrected chi connectivity index (χ1v) is 5.66. The minimum Gasteiger partial charge on any atom is -0.342 e. The van der Waals surface area contributed by atoms with Gasteiger partial charge < -0.3 is 4.90 Å². The molecule has 1 aliphatic rings. The zero-order chi connectivity index (χ0) is 11.6. The number of hydrogen-bond donors (Lipinski definition) is 0. The highest BCUT2D eigenvalue weighted by molar-refractivity contribution is 5.93. The van der Waals surface area contributed by atoms with Crippen molar-refractivity contribution in [3.63, 3.8) is 0 Å². The number of nitrogens with zero attached hydrogens (tertiary/aromatic N) is 1. The fourth-order valence-electron chi connectivity index (χ4n) is 1.23. The molecule has 0 aromatic heterocycles. The van der Waals surface area contributed by atoms with Gasteiger partial charge >= 0.3 is 0 Å². The lowest BCUT2D eigenvalue weighted by molar-refractivity contribution is -0.127. The van der Waals surface area contributed by atoms with Gasteiger partial charge in [0.25, 0.3) is 0 Å². The van der Waals surface area contributed by atoms with Gasteiger partial charge in [0, 0.05) is 19.2 Å². The number of amides is 1. The quantitative estimate of drug-likeness (QED) is 0.548. The molecule has 0 atom stereocenters. The summed E-state index contributed by atoms with van der Waals surface area (Å²) in [6, 6.07) is 0. The van der Waals surface area contributed by atoms with E-state index in [1.54, 1.807) is 4.90 Å². The number of piperidine rings is 1. The van der Waals surface area contributed by atoms with Crippen molar-refractivity contribution in [1.82, 2.24) is 4.90 Å². The van der Waals surface area contributed by atoms with E-state index in [2.05, 4.69) is 0 Å². The van der Waals surface area contributed by atoms with Crippen LogP contribution in [-0.4, -0.2) is 24.4 Å². The van der Waals surface area contributed by atoms with Crippen LogP contribution in [0.2, 0.25) is 0 Å². The second-order valence-electron chi connectivity index (χ2n) is 2.64. The van der Waals surface area contributed by atoms with Gasteiger partial charge in [0.15, 0.2) is 0 Å². The number of carbonyl (C=O) groups is 1. The second kappa shape index (κ2) is 10.3. The molecule has 1 amide bonds. The predicted octanol–water partition coefficient (Wildman–Crippen LogP) is 3.24. The van der Waals surface area contributed by atoms with Crippen molar-refractivity contribution in [3.05, 3.63) is 11.6 Å². The summed E-state index contributed by atoms with van der Waals surface area (Å²) in [7, 11) is 1.85. The third kappa shape index (κ3) is 5.05. The van der Waals surface area contributed by atoms with Gasteiger partial charge in [0.2, 0.25) is 5.91 Å². The Kier molecular flexibility index (Phi) is 11.5. The van der Waals surface area contributed by atoms with Crippen molar-refractivity contribution in [1.29, 1.82) is 0 Å². The number of carbonyl (C=O) groups excluding carboxylic acids is 1. The van der Waals surface area contributed by atoms with E-state index in [4.69, 9.17) is 0 Å². The van der Waals surface area contributed by atoms with E-state index in [0.29, 0.717) is 0 Å². The molecule has 0 aromatic rings. The Labute approximate surface area is 89.0 Å². The molecule has 0 bridgehead atoms. The zero-order valence-electron chi connectivity index (χ0n) is 10.6. The van der Waals surface area contributed by atoms with Crippen LogP contribution in [0.5, 0.6) is 0 Å². The molecular weight excluding hydrogens is 174 g/mol. The van der Waals surface area contributed by atoms with Gasteiger partial charge in [0.1, 0.15) is 0 Å². The van der Waals surface area contributed by atoms with E-state index >= 15 is 0 Å². The average molecular weight is 199 g/mol. The average Bonchev–Trinajstić information content (AvgIpc) is 2.28. The van der Waals surface area contributed by atoms with Crippen LogP contribution < -0.4 is 0 Å². The minimum absolute atomic E-state index is 0.203. The van der Waals surface area contributed by atoms with Crippen LogP contribution in [0, 0.1) is 0 Å². The standard InChI is InChI=1S/C8H13NO.2C2H6/c1-3-7-5-4-6-9(2)8(7)10;2*1-2/h3H,4-6H2,1-2H3;2*1-2H3/b7-3+;;. The number of likely N-dealkylation sites (N-methyl/N-ethyl adjacent to an activating group) is 1. The molecule has 1 saturated heterocycles. The fraction of sp³-hybridized carbons (Fsp3) is 0.750. The summed E-state index contributed by atoms with van der Waals surface area (Å²) in [5.41, 5.74) is 0.966. The van der Waals surface area contributed by atoms with Crippen LogP contribution in [0.15, 0.2) is 11.6 Å². The first kappa shape index (κ1) is 15.7. The van der Waals surface area contributed by atoms with E-state index in [1.165, 1.54) is 0 Å². The smallest absolute Gasteiger partial charge is 0.249 e. The van der Waals surface area contributed by atoms with Crippen molar-refractivity contribution < 1.29 is 4.79 Å². The van der Waals surface area contributed by atoms with Crippen molar-refractivity contribution in [2.75, 3.05) is 13.6 Å². The molecular formula is C12H25NO. The highest BCUT2D eigenvalue weighted by Crippen LogP contribution is 2.14. The maximum atomic E-state index is 11.2. The third-order valence-corrected chi connectivity index (χ3v) is 1.91. The van der Waals surface area contributed by atoms with Gasteiger partial charge in [-0.3, -0.25) is 4.79 Å². The molecule has 84 valence electrons. The summed E-state index contributed by atoms with van der Waals surface area (Å²) >= 11 is 0. The SMILES string of the molecule is C/C=C1\CCCN(C)C1=O.CC.CC. The summed E-state index contributed by atoms with van der Waals surface area (Å²) in [5.74, 6) is 0.203. The van der Waals surface area contributed by atoms with E-state index in [0.717, 1.165) is 25.0 Å². The summed E-state index contributed by atoms with van der Waals surface area (Å²) in [6.07, 6.45) is 3.99. The maximum absolute atomic E-state index is 11.2. The minimum atomic E-state index is 0.203. The largest absolute Gasteiger partial charge is 0.342 e. The molecule has 2 heteroatoms. The lowest BCUT2D eigenvalue weighted by atomic mass is 10.0. The van der Waals surface area contributed by atoms with E-state index in [-0.39, 0.29) is 5.91 Å². The zero-order valence-corrected chi connectivity index (χ0v) is 10.6. The first-order valence-electron chi connectivity index (χ1n) is 5.66. The van der Waals surface area contributed by atoms with Crippen molar-refractivity contribution >= 4 is 5.91 Å². The number of hydrogen-bond acceptors (Lipinski definition) is 1. The number of allylic oxidation sites excluding steroid dienone is 1.